The minimum atomic E-state index is -0.145. The Kier molecular flexibility index (Phi) is 5.69. The summed E-state index contributed by atoms with van der Waals surface area (Å²) >= 11 is 3.85. The molecule has 10 aromatic rings. The van der Waals surface area contributed by atoms with Gasteiger partial charge in [-0.25, -0.2) is 0 Å². The van der Waals surface area contributed by atoms with Gasteiger partial charge in [-0.05, 0) is 94.7 Å². The van der Waals surface area contributed by atoms with Crippen molar-refractivity contribution in [1.82, 2.24) is 4.48 Å². The second-order valence-electron chi connectivity index (χ2n) is 17.5. The number of fused-ring (bicyclic) bond motifs is 16. The smallest absolute Gasteiger partial charge is 0.376 e. The number of para-hydroxylation sites is 2. The highest BCUT2D eigenvalue weighted by Crippen LogP contribution is 2.55. The van der Waals surface area contributed by atoms with E-state index in [0.29, 0.717) is 0 Å². The molecular formula is C49H37BN2OS2. The molecule has 264 valence electrons. The molecule has 0 unspecified atom stereocenters. The molecule has 6 heteroatoms. The first kappa shape index (κ1) is 31.0. The molecule has 0 N–H and O–H groups in total. The number of hydrogen-bond donors (Lipinski definition) is 0. The largest absolute Gasteiger partial charge is 0.466 e. The van der Waals surface area contributed by atoms with Crippen molar-refractivity contribution in [3.8, 4) is 11.1 Å². The Balaban J connectivity index is 1.25. The van der Waals surface area contributed by atoms with Crippen LogP contribution in [-0.4, -0.2) is 11.3 Å². The molecule has 0 amide bonds. The fraction of sp³-hybridized carbons (Fsp3) is 0.184. The molecule has 0 saturated carbocycles. The van der Waals surface area contributed by atoms with E-state index in [0.717, 1.165) is 16.6 Å². The van der Waals surface area contributed by atoms with Gasteiger partial charge in [0.05, 0.1) is 15.9 Å². The van der Waals surface area contributed by atoms with Gasteiger partial charge in [0.2, 0.25) is 0 Å². The summed E-state index contributed by atoms with van der Waals surface area (Å²) in [6, 6.07) is 41.3. The van der Waals surface area contributed by atoms with Crippen LogP contribution < -0.4 is 16.0 Å². The molecule has 4 aromatic heterocycles. The molecule has 0 bridgehead atoms. The minimum Gasteiger partial charge on any atom is -0.466 e. The summed E-state index contributed by atoms with van der Waals surface area (Å²) in [6.45, 7) is 11.9. The summed E-state index contributed by atoms with van der Waals surface area (Å²) in [4.78, 5) is 2.62. The third kappa shape index (κ3) is 3.73. The van der Waals surface area contributed by atoms with Crippen molar-refractivity contribution < 1.29 is 4.42 Å². The predicted octanol–water partition coefficient (Wildman–Crippen LogP) is 13.2. The van der Waals surface area contributed by atoms with Crippen LogP contribution in [0.15, 0.2) is 114 Å². The third-order valence-electron chi connectivity index (χ3n) is 13.5. The van der Waals surface area contributed by atoms with Gasteiger partial charge in [0.15, 0.2) is 0 Å². The molecule has 3 nitrogen and oxygen atoms in total. The Morgan fingerprint density at radius 3 is 2.11 bits per heavy atom. The van der Waals surface area contributed by atoms with Crippen LogP contribution in [0.3, 0.4) is 0 Å². The summed E-state index contributed by atoms with van der Waals surface area (Å²) in [5.41, 5.74) is 16.8. The topological polar surface area (TPSA) is 21.3 Å². The molecule has 0 spiro atoms. The van der Waals surface area contributed by atoms with Crippen LogP contribution in [0, 0.1) is 6.92 Å². The Morgan fingerprint density at radius 2 is 1.31 bits per heavy atom. The van der Waals surface area contributed by atoms with E-state index in [1.54, 1.807) is 0 Å². The molecule has 2 aliphatic heterocycles. The standard InChI is InChI=1S/C49H37BN2OS2/c1-26-23-32-33(49(4,5)22-21-48(32,2)3)24-34(26)51-35-25-39-40(28-14-7-10-19-37(28)54-39)41-30-16-12-17-31-43(30)52(44-29-15-8-11-20-38(29)55-46(31)44)50(42(35)41)47-45(51)27-13-6-9-18-36(27)53-47/h6-20,23-25H,21-22H2,1-5H3. The third-order valence-corrected chi connectivity index (χ3v) is 15.8. The van der Waals surface area contributed by atoms with Crippen molar-refractivity contribution >= 4 is 120 Å². The molecule has 0 saturated heterocycles. The SMILES string of the molecule is Cc1cc2c(cc1N1c3cc4sc5ccccc5c4c4c3B(c3oc5ccccc5c31)n1c3c-4cccc3c3sc4ccccc4c31)C(C)(C)CCC2(C)C. The number of anilines is 3. The quantitative estimate of drug-likeness (QED) is 0.156. The van der Waals surface area contributed by atoms with Gasteiger partial charge in [-0.1, -0.05) is 100 Å². The lowest BCUT2D eigenvalue weighted by Gasteiger charge is -2.44. The van der Waals surface area contributed by atoms with Crippen LogP contribution in [0.25, 0.3) is 73.5 Å². The number of thiophene rings is 2. The number of hydrogen-bond acceptors (Lipinski definition) is 4. The van der Waals surface area contributed by atoms with Crippen LogP contribution >= 0.6 is 22.7 Å². The van der Waals surface area contributed by atoms with E-state index in [1.165, 1.54) is 115 Å². The highest BCUT2D eigenvalue weighted by atomic mass is 32.1. The molecule has 0 atom stereocenters. The van der Waals surface area contributed by atoms with Crippen molar-refractivity contribution in [2.75, 3.05) is 4.90 Å². The fourth-order valence-electron chi connectivity index (χ4n) is 10.8. The maximum Gasteiger partial charge on any atom is 0.376 e. The van der Waals surface area contributed by atoms with Gasteiger partial charge >= 0.3 is 6.85 Å². The highest BCUT2D eigenvalue weighted by Gasteiger charge is 2.48. The summed E-state index contributed by atoms with van der Waals surface area (Å²) in [5, 5.41) is 6.49. The van der Waals surface area contributed by atoms with Crippen LogP contribution in [0.4, 0.5) is 17.1 Å². The zero-order chi connectivity index (χ0) is 36.7. The monoisotopic (exact) mass is 744 g/mol. The van der Waals surface area contributed by atoms with Crippen molar-refractivity contribution in [2.45, 2.75) is 58.3 Å². The van der Waals surface area contributed by atoms with Crippen molar-refractivity contribution in [2.24, 2.45) is 0 Å². The zero-order valence-electron chi connectivity index (χ0n) is 31.5. The maximum absolute atomic E-state index is 7.30. The summed E-state index contributed by atoms with van der Waals surface area (Å²) in [6.07, 6.45) is 2.37. The number of aromatic nitrogens is 1. The molecule has 6 heterocycles. The molecular weight excluding hydrogens is 707 g/mol. The van der Waals surface area contributed by atoms with Gasteiger partial charge in [-0.3, -0.25) is 0 Å². The summed E-state index contributed by atoms with van der Waals surface area (Å²) in [7, 11) is 0. The first-order chi connectivity index (χ1) is 26.7. The molecule has 6 aromatic carbocycles. The average Bonchev–Trinajstić information content (AvgIpc) is 3.94. The van der Waals surface area contributed by atoms with Gasteiger partial charge in [0.1, 0.15) is 11.2 Å². The van der Waals surface area contributed by atoms with Crippen molar-refractivity contribution in [1.29, 1.82) is 0 Å². The zero-order valence-corrected chi connectivity index (χ0v) is 33.1. The number of nitrogens with zero attached hydrogens (tertiary/aromatic N) is 2. The van der Waals surface area contributed by atoms with E-state index in [2.05, 4.69) is 153 Å². The number of furan rings is 1. The van der Waals surface area contributed by atoms with Gasteiger partial charge < -0.3 is 13.8 Å². The van der Waals surface area contributed by atoms with Crippen molar-refractivity contribution in [3.05, 3.63) is 126 Å². The van der Waals surface area contributed by atoms with Gasteiger partial charge in [0.25, 0.3) is 0 Å². The van der Waals surface area contributed by atoms with E-state index in [1.807, 2.05) is 22.7 Å². The molecule has 1 aliphatic carbocycles. The van der Waals surface area contributed by atoms with Crippen molar-refractivity contribution in [3.63, 3.8) is 0 Å². The molecule has 55 heavy (non-hydrogen) atoms. The average molecular weight is 745 g/mol. The maximum atomic E-state index is 7.30. The van der Waals surface area contributed by atoms with Gasteiger partial charge in [-0.15, -0.1) is 22.7 Å². The first-order valence-electron chi connectivity index (χ1n) is 19.6. The molecule has 13 rings (SSSR count). The van der Waals surface area contributed by atoms with Crippen LogP contribution in [-0.2, 0) is 10.8 Å². The highest BCUT2D eigenvalue weighted by molar-refractivity contribution is 7.27. The molecule has 0 radical (unpaired) electrons. The first-order valence-corrected chi connectivity index (χ1v) is 21.2. The van der Waals surface area contributed by atoms with Gasteiger partial charge in [0, 0.05) is 63.5 Å². The van der Waals surface area contributed by atoms with E-state index < -0.39 is 0 Å². The number of rotatable bonds is 1. The number of aryl methyl sites for hydroxylation is 1. The van der Waals surface area contributed by atoms with E-state index in [4.69, 9.17) is 4.42 Å². The van der Waals surface area contributed by atoms with Gasteiger partial charge in [-0.2, -0.15) is 0 Å². The summed E-state index contributed by atoms with van der Waals surface area (Å²) in [5.74, 6) is 0. The van der Waals surface area contributed by atoms with Crippen LogP contribution in [0.2, 0.25) is 0 Å². The summed E-state index contributed by atoms with van der Waals surface area (Å²) < 4.78 is 15.3. The van der Waals surface area contributed by atoms with Crippen LogP contribution in [0.5, 0.6) is 0 Å². The van der Waals surface area contributed by atoms with E-state index in [-0.39, 0.29) is 17.7 Å². The normalized spacial score (nSPS) is 16.5. The second kappa shape index (κ2) is 10.1. The minimum absolute atomic E-state index is 0.0725. The Morgan fingerprint density at radius 1 is 0.636 bits per heavy atom. The molecule has 0 fully saturated rings. The van der Waals surface area contributed by atoms with E-state index in [9.17, 15) is 0 Å². The Bertz CT molecular complexity index is 3370. The second-order valence-corrected chi connectivity index (χ2v) is 19.6. The molecule has 3 aliphatic rings. The predicted molar refractivity (Wildman–Crippen MR) is 238 cm³/mol. The Labute approximate surface area is 327 Å². The fourth-order valence-corrected chi connectivity index (χ4v) is 13.2. The lowest BCUT2D eigenvalue weighted by molar-refractivity contribution is 0.332. The lowest BCUT2D eigenvalue weighted by atomic mass is 9.47. The Hall–Kier alpha value is -5.30. The van der Waals surface area contributed by atoms with Crippen LogP contribution in [0.1, 0.15) is 57.2 Å². The van der Waals surface area contributed by atoms with E-state index >= 15 is 0 Å². The lowest BCUT2D eigenvalue weighted by Crippen LogP contribution is -2.56. The number of benzene rings is 6.